The van der Waals surface area contributed by atoms with E-state index in [1.165, 1.54) is 39.8 Å². The van der Waals surface area contributed by atoms with Gasteiger partial charge in [-0.2, -0.15) is 0 Å². The van der Waals surface area contributed by atoms with E-state index in [1.54, 1.807) is 7.11 Å². The molecule has 2 aromatic carbocycles. The molecule has 1 heterocycles. The standard InChI is InChI=1S/C25H32O4/c1-3-21-23-6-4-5-22(23)17(11-16-7-9-19(28-2)10-8-16)12-24(21)25-14-18(27)13-20(15-26)29-25/h7-10,12,18,20,25-27H,3-6,11,13-15H2,1-2H3. The molecule has 2 aliphatic rings. The van der Waals surface area contributed by atoms with Crippen LogP contribution in [0.1, 0.15) is 65.7 Å². The third kappa shape index (κ3) is 4.20. The first kappa shape index (κ1) is 20.4. The van der Waals surface area contributed by atoms with Crippen LogP contribution in [0, 0.1) is 0 Å². The third-order valence-corrected chi connectivity index (χ3v) is 6.48. The topological polar surface area (TPSA) is 58.9 Å². The molecule has 4 nitrogen and oxygen atoms in total. The Labute approximate surface area is 173 Å². The van der Waals surface area contributed by atoms with Crippen molar-refractivity contribution in [3.63, 3.8) is 0 Å². The number of fused-ring (bicyclic) bond motifs is 1. The number of rotatable bonds is 6. The molecule has 3 atom stereocenters. The first-order chi connectivity index (χ1) is 14.1. The second kappa shape index (κ2) is 8.86. The zero-order valence-corrected chi connectivity index (χ0v) is 17.5. The summed E-state index contributed by atoms with van der Waals surface area (Å²) >= 11 is 0. The summed E-state index contributed by atoms with van der Waals surface area (Å²) in [6.45, 7) is 2.17. The average molecular weight is 397 g/mol. The van der Waals surface area contributed by atoms with Gasteiger partial charge in [0.1, 0.15) is 5.75 Å². The molecule has 0 amide bonds. The Morgan fingerprint density at radius 2 is 1.86 bits per heavy atom. The van der Waals surface area contributed by atoms with Crippen LogP contribution in [0.15, 0.2) is 30.3 Å². The quantitative estimate of drug-likeness (QED) is 0.777. The Bertz CT molecular complexity index is 843. The van der Waals surface area contributed by atoms with Crippen molar-refractivity contribution >= 4 is 0 Å². The average Bonchev–Trinajstić information content (AvgIpc) is 3.23. The third-order valence-electron chi connectivity index (χ3n) is 6.48. The molecule has 0 radical (unpaired) electrons. The normalized spacial score (nSPS) is 23.8. The van der Waals surface area contributed by atoms with Crippen LogP contribution in [0.4, 0.5) is 0 Å². The minimum Gasteiger partial charge on any atom is -0.497 e. The van der Waals surface area contributed by atoms with Crippen molar-refractivity contribution in [1.29, 1.82) is 0 Å². The van der Waals surface area contributed by atoms with Crippen LogP contribution in [-0.4, -0.2) is 36.1 Å². The van der Waals surface area contributed by atoms with Gasteiger partial charge in [-0.1, -0.05) is 25.1 Å². The molecule has 29 heavy (non-hydrogen) atoms. The minimum absolute atomic E-state index is 0.0430. The highest BCUT2D eigenvalue weighted by Crippen LogP contribution is 2.40. The lowest BCUT2D eigenvalue weighted by molar-refractivity contribution is -0.114. The van der Waals surface area contributed by atoms with Gasteiger partial charge in [0, 0.05) is 12.8 Å². The molecule has 4 rings (SSSR count). The molecule has 0 aromatic heterocycles. The monoisotopic (exact) mass is 396 g/mol. The molecule has 1 saturated heterocycles. The number of aliphatic hydroxyl groups excluding tert-OH is 2. The smallest absolute Gasteiger partial charge is 0.118 e. The number of methoxy groups -OCH3 is 1. The summed E-state index contributed by atoms with van der Waals surface area (Å²) < 4.78 is 11.5. The Balaban J connectivity index is 1.72. The molecule has 2 aromatic rings. The maximum absolute atomic E-state index is 10.4. The summed E-state index contributed by atoms with van der Waals surface area (Å²) in [4.78, 5) is 0. The number of aliphatic hydroxyl groups is 2. The van der Waals surface area contributed by atoms with E-state index in [1.807, 2.05) is 12.1 Å². The van der Waals surface area contributed by atoms with Gasteiger partial charge < -0.3 is 19.7 Å². The molecular weight excluding hydrogens is 364 g/mol. The number of benzene rings is 2. The fraction of sp³-hybridized carbons (Fsp3) is 0.520. The first-order valence-electron chi connectivity index (χ1n) is 10.9. The van der Waals surface area contributed by atoms with Crippen molar-refractivity contribution in [2.24, 2.45) is 0 Å². The Morgan fingerprint density at radius 3 is 2.55 bits per heavy atom. The second-order valence-electron chi connectivity index (χ2n) is 8.35. The van der Waals surface area contributed by atoms with Crippen molar-refractivity contribution in [2.45, 2.75) is 70.2 Å². The lowest BCUT2D eigenvalue weighted by Crippen LogP contribution is -2.34. The van der Waals surface area contributed by atoms with Crippen LogP contribution in [0.3, 0.4) is 0 Å². The van der Waals surface area contributed by atoms with Crippen molar-refractivity contribution in [3.8, 4) is 5.75 Å². The molecule has 4 heteroatoms. The zero-order valence-electron chi connectivity index (χ0n) is 17.5. The maximum Gasteiger partial charge on any atom is 0.118 e. The molecule has 0 bridgehead atoms. The Hall–Kier alpha value is -1.88. The van der Waals surface area contributed by atoms with Crippen LogP contribution < -0.4 is 4.74 Å². The summed E-state index contributed by atoms with van der Waals surface area (Å²) in [7, 11) is 1.69. The van der Waals surface area contributed by atoms with E-state index in [-0.39, 0.29) is 18.8 Å². The lowest BCUT2D eigenvalue weighted by Gasteiger charge is -2.34. The van der Waals surface area contributed by atoms with E-state index in [2.05, 4.69) is 25.1 Å². The molecule has 156 valence electrons. The van der Waals surface area contributed by atoms with Crippen molar-refractivity contribution in [3.05, 3.63) is 63.7 Å². The van der Waals surface area contributed by atoms with Gasteiger partial charge in [0.15, 0.2) is 0 Å². The highest BCUT2D eigenvalue weighted by atomic mass is 16.5. The fourth-order valence-corrected chi connectivity index (χ4v) is 5.10. The highest BCUT2D eigenvalue weighted by Gasteiger charge is 2.32. The molecule has 0 spiro atoms. The van der Waals surface area contributed by atoms with Crippen LogP contribution >= 0.6 is 0 Å². The molecule has 2 N–H and O–H groups in total. The van der Waals surface area contributed by atoms with E-state index >= 15 is 0 Å². The molecule has 0 saturated carbocycles. The second-order valence-corrected chi connectivity index (χ2v) is 8.35. The van der Waals surface area contributed by atoms with E-state index in [0.29, 0.717) is 12.8 Å². The maximum atomic E-state index is 10.4. The van der Waals surface area contributed by atoms with Gasteiger partial charge in [0.2, 0.25) is 0 Å². The minimum atomic E-state index is -0.422. The predicted octanol–water partition coefficient (Wildman–Crippen LogP) is 3.91. The van der Waals surface area contributed by atoms with Gasteiger partial charge in [-0.3, -0.25) is 0 Å². The Morgan fingerprint density at radius 1 is 1.10 bits per heavy atom. The fourth-order valence-electron chi connectivity index (χ4n) is 5.10. The molecule has 1 aliphatic carbocycles. The first-order valence-corrected chi connectivity index (χ1v) is 10.9. The van der Waals surface area contributed by atoms with Gasteiger partial charge in [0.25, 0.3) is 0 Å². The van der Waals surface area contributed by atoms with Gasteiger partial charge >= 0.3 is 0 Å². The van der Waals surface area contributed by atoms with Crippen LogP contribution in [0.5, 0.6) is 5.75 Å². The predicted molar refractivity (Wildman–Crippen MR) is 114 cm³/mol. The van der Waals surface area contributed by atoms with Gasteiger partial charge in [-0.25, -0.2) is 0 Å². The number of hydrogen-bond acceptors (Lipinski definition) is 4. The van der Waals surface area contributed by atoms with Crippen molar-refractivity contribution < 1.29 is 19.7 Å². The number of hydrogen-bond donors (Lipinski definition) is 2. The van der Waals surface area contributed by atoms with E-state index in [4.69, 9.17) is 9.47 Å². The highest BCUT2D eigenvalue weighted by molar-refractivity contribution is 5.51. The lowest BCUT2D eigenvalue weighted by atomic mass is 9.85. The van der Waals surface area contributed by atoms with Crippen molar-refractivity contribution in [2.75, 3.05) is 13.7 Å². The SMILES string of the molecule is CCc1c(C2CC(O)CC(CO)O2)cc(Cc2ccc(OC)cc2)c2c1CCC2. The molecular formula is C25H32O4. The molecule has 1 aliphatic heterocycles. The summed E-state index contributed by atoms with van der Waals surface area (Å²) in [5.41, 5.74) is 8.27. The molecule has 1 fully saturated rings. The summed E-state index contributed by atoms with van der Waals surface area (Å²) in [6.07, 6.45) is 5.59. The zero-order chi connectivity index (χ0) is 20.4. The largest absolute Gasteiger partial charge is 0.497 e. The van der Waals surface area contributed by atoms with Crippen LogP contribution in [0.25, 0.3) is 0 Å². The summed E-state index contributed by atoms with van der Waals surface area (Å²) in [5, 5.41) is 20.0. The summed E-state index contributed by atoms with van der Waals surface area (Å²) in [5.74, 6) is 0.876. The van der Waals surface area contributed by atoms with Gasteiger partial charge in [-0.15, -0.1) is 0 Å². The van der Waals surface area contributed by atoms with Gasteiger partial charge in [-0.05, 0) is 77.6 Å². The van der Waals surface area contributed by atoms with Gasteiger partial charge in [0.05, 0.1) is 32.0 Å². The molecule has 3 unspecified atom stereocenters. The summed E-state index contributed by atoms with van der Waals surface area (Å²) in [6, 6.07) is 10.6. The number of ether oxygens (including phenoxy) is 2. The van der Waals surface area contributed by atoms with E-state index in [9.17, 15) is 10.2 Å². The van der Waals surface area contributed by atoms with Crippen LogP contribution in [0.2, 0.25) is 0 Å². The Kier molecular flexibility index (Phi) is 6.23. The van der Waals surface area contributed by atoms with Crippen molar-refractivity contribution in [1.82, 2.24) is 0 Å². The van der Waals surface area contributed by atoms with E-state index < -0.39 is 6.10 Å². The van der Waals surface area contributed by atoms with E-state index in [0.717, 1.165) is 31.4 Å². The van der Waals surface area contributed by atoms with Crippen LogP contribution in [-0.2, 0) is 30.4 Å².